The molecule has 12 heteroatoms. The normalized spacial score (nSPS) is 19.0. The molecule has 42 heavy (non-hydrogen) atoms. The van der Waals surface area contributed by atoms with E-state index in [2.05, 4.69) is 31.0 Å². The number of nitrogens with one attached hydrogen (secondary N) is 3. The second-order valence-corrected chi connectivity index (χ2v) is 10.4. The van der Waals surface area contributed by atoms with E-state index in [0.29, 0.717) is 30.0 Å². The molecule has 3 aliphatic carbocycles. The predicted molar refractivity (Wildman–Crippen MR) is 154 cm³/mol. The van der Waals surface area contributed by atoms with Crippen LogP contribution in [0.1, 0.15) is 32.6 Å². The van der Waals surface area contributed by atoms with Gasteiger partial charge in [-0.25, -0.2) is 13.9 Å². The largest absolute Gasteiger partial charge is 0.434 e. The van der Waals surface area contributed by atoms with Gasteiger partial charge in [-0.1, -0.05) is 6.08 Å². The Balaban J connectivity index is 1.09. The first-order chi connectivity index (χ1) is 20.3. The van der Waals surface area contributed by atoms with Crippen LogP contribution in [-0.4, -0.2) is 45.1 Å². The van der Waals surface area contributed by atoms with Crippen LogP contribution in [0.5, 0.6) is 11.6 Å². The fourth-order valence-electron chi connectivity index (χ4n) is 4.58. The maximum atomic E-state index is 15.0. The number of carbonyl (C=O) groups is 3. The first kappa shape index (κ1) is 27.1. The van der Waals surface area contributed by atoms with Crippen molar-refractivity contribution >= 4 is 40.6 Å². The molecule has 0 saturated heterocycles. The molecule has 2 heterocycles. The number of carbonyl (C=O) groups excluding carboxylic acids is 3. The van der Waals surface area contributed by atoms with E-state index in [1.54, 1.807) is 37.5 Å². The number of nitrogens with zero attached hydrogens (tertiary/aromatic N) is 4. The molecule has 6 rings (SSSR count). The van der Waals surface area contributed by atoms with Crippen LogP contribution in [0, 0.1) is 17.2 Å². The van der Waals surface area contributed by atoms with Gasteiger partial charge in [-0.15, -0.1) is 5.10 Å². The van der Waals surface area contributed by atoms with Crippen LogP contribution in [0.25, 0.3) is 5.65 Å². The summed E-state index contributed by atoms with van der Waals surface area (Å²) >= 11 is 0. The molecule has 3 aliphatic rings. The lowest BCUT2D eigenvalue weighted by molar-refractivity contribution is -0.133. The molecular weight excluding hydrogens is 541 g/mol. The summed E-state index contributed by atoms with van der Waals surface area (Å²) < 4.78 is 22.0. The molecule has 0 unspecified atom stereocenters. The highest BCUT2D eigenvalue weighted by molar-refractivity contribution is 6.14. The second kappa shape index (κ2) is 10.7. The third-order valence-electron chi connectivity index (χ3n) is 7.36. The van der Waals surface area contributed by atoms with E-state index < -0.39 is 23.0 Å². The molecule has 2 saturated carbocycles. The minimum atomic E-state index is -1.23. The van der Waals surface area contributed by atoms with Crippen molar-refractivity contribution < 1.29 is 23.5 Å². The molecule has 0 aliphatic heterocycles. The SMILES string of the molecule is C/C=C1/C=C(NC(=O)C2(C(=O)Nc3ccc(Oc4ccc5nc(NC(=O)C6CC6)cn5n4)c(F)c3)CC2)C=CC1=NC. The lowest BCUT2D eigenvalue weighted by atomic mass is 10.0. The zero-order valence-corrected chi connectivity index (χ0v) is 23.0. The third-order valence-corrected chi connectivity index (χ3v) is 7.36. The van der Waals surface area contributed by atoms with Crippen LogP contribution in [0.15, 0.2) is 77.1 Å². The van der Waals surface area contributed by atoms with Gasteiger partial charge in [0.05, 0.1) is 11.9 Å². The third kappa shape index (κ3) is 5.42. The molecule has 3 aromatic rings. The number of rotatable bonds is 8. The average molecular weight is 570 g/mol. The molecule has 0 spiro atoms. The summed E-state index contributed by atoms with van der Waals surface area (Å²) in [5.74, 6) is -1.30. The molecule has 1 aromatic carbocycles. The molecule has 3 N–H and O–H groups in total. The Bertz CT molecular complexity index is 1750. The first-order valence-electron chi connectivity index (χ1n) is 13.6. The summed E-state index contributed by atoms with van der Waals surface area (Å²) in [5.41, 5.74) is 1.68. The van der Waals surface area contributed by atoms with E-state index >= 15 is 0 Å². The van der Waals surface area contributed by atoms with E-state index in [4.69, 9.17) is 4.74 Å². The fourth-order valence-corrected chi connectivity index (χ4v) is 4.58. The average Bonchev–Trinajstić information content (AvgIpc) is 3.91. The summed E-state index contributed by atoms with van der Waals surface area (Å²) in [6.07, 6.45) is 11.3. The number of benzene rings is 1. The molecule has 0 radical (unpaired) electrons. The summed E-state index contributed by atoms with van der Waals surface area (Å²) in [6.45, 7) is 1.88. The Morgan fingerprint density at radius 3 is 2.57 bits per heavy atom. The molecule has 214 valence electrons. The van der Waals surface area contributed by atoms with Crippen molar-refractivity contribution in [1.29, 1.82) is 0 Å². The van der Waals surface area contributed by atoms with Crippen molar-refractivity contribution in [2.75, 3.05) is 17.7 Å². The number of halogens is 1. The van der Waals surface area contributed by atoms with Gasteiger partial charge in [0.1, 0.15) is 5.41 Å². The van der Waals surface area contributed by atoms with Gasteiger partial charge < -0.3 is 20.7 Å². The van der Waals surface area contributed by atoms with Gasteiger partial charge in [-0.3, -0.25) is 19.4 Å². The lowest BCUT2D eigenvalue weighted by Crippen LogP contribution is -2.39. The van der Waals surface area contributed by atoms with Gasteiger partial charge in [0.15, 0.2) is 23.0 Å². The Hall–Kier alpha value is -5.13. The molecular formula is C30H28FN7O4. The zero-order chi connectivity index (χ0) is 29.4. The maximum absolute atomic E-state index is 15.0. The number of ether oxygens (including phenoxy) is 1. The van der Waals surface area contributed by atoms with Crippen LogP contribution >= 0.6 is 0 Å². The lowest BCUT2D eigenvalue weighted by Gasteiger charge is -2.18. The van der Waals surface area contributed by atoms with E-state index in [0.717, 1.165) is 30.2 Å². The highest BCUT2D eigenvalue weighted by Crippen LogP contribution is 2.47. The van der Waals surface area contributed by atoms with Gasteiger partial charge in [-0.2, -0.15) is 0 Å². The van der Waals surface area contributed by atoms with Crippen LogP contribution in [0.2, 0.25) is 0 Å². The first-order valence-corrected chi connectivity index (χ1v) is 13.6. The highest BCUT2D eigenvalue weighted by atomic mass is 19.1. The van der Waals surface area contributed by atoms with Gasteiger partial charge in [-0.05, 0) is 74.6 Å². The number of anilines is 2. The minimum Gasteiger partial charge on any atom is -0.434 e. The molecule has 2 aromatic heterocycles. The van der Waals surface area contributed by atoms with E-state index in [1.165, 1.54) is 22.7 Å². The van der Waals surface area contributed by atoms with Gasteiger partial charge >= 0.3 is 0 Å². The van der Waals surface area contributed by atoms with Gasteiger partial charge in [0.25, 0.3) is 0 Å². The van der Waals surface area contributed by atoms with Crippen molar-refractivity contribution in [3.05, 3.63) is 77.9 Å². The molecule has 2 fully saturated rings. The summed E-state index contributed by atoms with van der Waals surface area (Å²) in [4.78, 5) is 46.6. The van der Waals surface area contributed by atoms with E-state index in [-0.39, 0.29) is 29.1 Å². The number of hydrogen-bond acceptors (Lipinski definition) is 7. The van der Waals surface area contributed by atoms with E-state index in [1.807, 2.05) is 13.0 Å². The maximum Gasteiger partial charge on any atom is 0.240 e. The van der Waals surface area contributed by atoms with Gasteiger partial charge in [0.2, 0.25) is 23.6 Å². The Labute approximate surface area is 240 Å². The second-order valence-electron chi connectivity index (χ2n) is 10.4. The van der Waals surface area contributed by atoms with Gasteiger partial charge in [0, 0.05) is 36.5 Å². The summed E-state index contributed by atoms with van der Waals surface area (Å²) in [7, 11) is 1.69. The molecule has 3 amide bonds. The van der Waals surface area contributed by atoms with Crippen molar-refractivity contribution in [2.45, 2.75) is 32.6 Å². The topological polar surface area (TPSA) is 139 Å². The van der Waals surface area contributed by atoms with Crippen molar-refractivity contribution in [1.82, 2.24) is 19.9 Å². The number of fused-ring (bicyclic) bond motifs is 1. The summed E-state index contributed by atoms with van der Waals surface area (Å²) in [6, 6.07) is 7.15. The van der Waals surface area contributed by atoms with Crippen LogP contribution in [0.3, 0.4) is 0 Å². The van der Waals surface area contributed by atoms with Crippen LogP contribution < -0.4 is 20.7 Å². The minimum absolute atomic E-state index is 0.0395. The van der Waals surface area contributed by atoms with Crippen LogP contribution in [0.4, 0.5) is 15.9 Å². The van der Waals surface area contributed by atoms with Crippen molar-refractivity contribution in [3.8, 4) is 11.6 Å². The number of imidazole rings is 1. The Morgan fingerprint density at radius 2 is 1.88 bits per heavy atom. The van der Waals surface area contributed by atoms with E-state index in [9.17, 15) is 18.8 Å². The van der Waals surface area contributed by atoms with Crippen molar-refractivity contribution in [3.63, 3.8) is 0 Å². The number of aromatic nitrogens is 3. The Morgan fingerprint density at radius 1 is 1.10 bits per heavy atom. The smallest absolute Gasteiger partial charge is 0.240 e. The molecule has 11 nitrogen and oxygen atoms in total. The molecule has 0 atom stereocenters. The van der Waals surface area contributed by atoms with Crippen LogP contribution in [-0.2, 0) is 14.4 Å². The molecule has 0 bridgehead atoms. The highest BCUT2D eigenvalue weighted by Gasteiger charge is 2.56. The zero-order valence-electron chi connectivity index (χ0n) is 23.0. The number of aliphatic imine (C=N–C) groups is 1. The van der Waals surface area contributed by atoms with Crippen molar-refractivity contribution in [2.24, 2.45) is 16.3 Å². The number of allylic oxidation sites excluding steroid dienone is 5. The quantitative estimate of drug-likeness (QED) is 0.346. The number of amides is 3. The summed E-state index contributed by atoms with van der Waals surface area (Å²) in [5, 5.41) is 12.5. The predicted octanol–water partition coefficient (Wildman–Crippen LogP) is 4.31. The standard InChI is InChI=1S/C30H28FN7O4/c1-3-17-14-19(6-8-22(17)32-2)33-28(40)30(12-13-30)29(41)34-20-7-9-23(21(31)15-20)42-26-11-10-25-35-24(16-38(25)37-26)36-27(39)18-4-5-18/h3,6-11,14-16,18H,4-5,12-13H2,1-2H3,(H,33,40)(H,34,41)(H,36,39)/b17-3-,32-22?. The monoisotopic (exact) mass is 569 g/mol. The Kier molecular flexibility index (Phi) is 6.89. The number of hydrogen-bond donors (Lipinski definition) is 3. The fraction of sp³-hybridized carbons (Fsp3) is 0.267.